The van der Waals surface area contributed by atoms with Crippen molar-refractivity contribution < 1.29 is 4.79 Å². The van der Waals surface area contributed by atoms with Crippen molar-refractivity contribution in [3.05, 3.63) is 65.9 Å². The maximum Gasteiger partial charge on any atom is 0.272 e. The van der Waals surface area contributed by atoms with E-state index in [1.54, 1.807) is 0 Å². The van der Waals surface area contributed by atoms with Crippen LogP contribution in [0.2, 0.25) is 0 Å². The number of aromatic nitrogens is 1. The summed E-state index contributed by atoms with van der Waals surface area (Å²) in [6, 6.07) is 18.2. The van der Waals surface area contributed by atoms with Crippen molar-refractivity contribution in [1.29, 1.82) is 0 Å². The monoisotopic (exact) mass is 354 g/mol. The van der Waals surface area contributed by atoms with Gasteiger partial charge in [0.2, 0.25) is 0 Å². The van der Waals surface area contributed by atoms with Crippen LogP contribution in [0.3, 0.4) is 0 Å². The number of carbonyl (C=O) groups is 1. The molecule has 2 aromatic carbocycles. The van der Waals surface area contributed by atoms with Gasteiger partial charge in [-0.15, -0.1) is 23.5 Å². The highest BCUT2D eigenvalue weighted by molar-refractivity contribution is 8.19. The SMILES string of the molecule is Cn1c(C(=O)Nc2cccc(C3SCCS3)c2)cc2ccccc21. The molecule has 0 radical (unpaired) electrons. The van der Waals surface area contributed by atoms with Crippen molar-refractivity contribution in [2.24, 2.45) is 7.05 Å². The Balaban J connectivity index is 1.59. The fourth-order valence-electron chi connectivity index (χ4n) is 3.02. The van der Waals surface area contributed by atoms with E-state index >= 15 is 0 Å². The lowest BCUT2D eigenvalue weighted by Gasteiger charge is -2.11. The van der Waals surface area contributed by atoms with Gasteiger partial charge in [-0.25, -0.2) is 0 Å². The van der Waals surface area contributed by atoms with Crippen molar-refractivity contribution in [3.63, 3.8) is 0 Å². The van der Waals surface area contributed by atoms with Crippen LogP contribution in [-0.2, 0) is 7.05 Å². The van der Waals surface area contributed by atoms with E-state index in [-0.39, 0.29) is 5.91 Å². The highest BCUT2D eigenvalue weighted by Crippen LogP contribution is 2.45. The van der Waals surface area contributed by atoms with Gasteiger partial charge in [-0.1, -0.05) is 30.3 Å². The number of aryl methyl sites for hydroxylation is 1. The molecule has 1 aliphatic heterocycles. The number of thioether (sulfide) groups is 2. The average Bonchev–Trinajstić information content (AvgIpc) is 3.24. The van der Waals surface area contributed by atoms with Crippen LogP contribution in [0.15, 0.2) is 54.6 Å². The molecule has 1 aromatic heterocycles. The summed E-state index contributed by atoms with van der Waals surface area (Å²) in [7, 11) is 1.93. The molecule has 3 nitrogen and oxygen atoms in total. The molecule has 1 N–H and O–H groups in total. The summed E-state index contributed by atoms with van der Waals surface area (Å²) in [6.07, 6.45) is 0. The second-order valence-corrected chi connectivity index (χ2v) is 8.52. The summed E-state index contributed by atoms with van der Waals surface area (Å²) in [4.78, 5) is 12.7. The van der Waals surface area contributed by atoms with E-state index in [0.29, 0.717) is 10.3 Å². The smallest absolute Gasteiger partial charge is 0.272 e. The number of hydrogen-bond donors (Lipinski definition) is 1. The molecule has 24 heavy (non-hydrogen) atoms. The van der Waals surface area contributed by atoms with Crippen molar-refractivity contribution in [2.45, 2.75) is 4.58 Å². The molecule has 2 heterocycles. The van der Waals surface area contributed by atoms with Crippen molar-refractivity contribution in [2.75, 3.05) is 16.8 Å². The first-order valence-corrected chi connectivity index (χ1v) is 10.0. The number of benzene rings is 2. The predicted molar refractivity (Wildman–Crippen MR) is 105 cm³/mol. The molecule has 122 valence electrons. The quantitative estimate of drug-likeness (QED) is 0.726. The third kappa shape index (κ3) is 2.94. The molecule has 0 bridgehead atoms. The first-order chi connectivity index (χ1) is 11.7. The van der Waals surface area contributed by atoms with E-state index in [1.165, 1.54) is 17.1 Å². The predicted octanol–water partition coefficient (Wildman–Crippen LogP) is 4.91. The Labute approximate surface area is 149 Å². The first kappa shape index (κ1) is 15.7. The number of rotatable bonds is 3. The molecule has 5 heteroatoms. The zero-order valence-corrected chi connectivity index (χ0v) is 15.0. The third-order valence-electron chi connectivity index (χ3n) is 4.22. The fraction of sp³-hybridized carbons (Fsp3) is 0.211. The number of carbonyl (C=O) groups excluding carboxylic acids is 1. The maximum atomic E-state index is 12.7. The maximum absolute atomic E-state index is 12.7. The van der Waals surface area contributed by atoms with Gasteiger partial charge >= 0.3 is 0 Å². The van der Waals surface area contributed by atoms with Crippen LogP contribution in [0.4, 0.5) is 5.69 Å². The number of anilines is 1. The molecule has 1 saturated heterocycles. The molecule has 1 amide bonds. The van der Waals surface area contributed by atoms with Crippen molar-refractivity contribution >= 4 is 46.0 Å². The average molecular weight is 355 g/mol. The van der Waals surface area contributed by atoms with Crippen molar-refractivity contribution in [1.82, 2.24) is 4.57 Å². The number of hydrogen-bond acceptors (Lipinski definition) is 3. The van der Waals surface area contributed by atoms with Gasteiger partial charge in [0.25, 0.3) is 5.91 Å². The lowest BCUT2D eigenvalue weighted by Crippen LogP contribution is -2.15. The highest BCUT2D eigenvalue weighted by atomic mass is 32.2. The zero-order chi connectivity index (χ0) is 16.5. The minimum Gasteiger partial charge on any atom is -0.340 e. The molecule has 0 atom stereocenters. The van der Waals surface area contributed by atoms with Crippen LogP contribution in [0.25, 0.3) is 10.9 Å². The Morgan fingerprint density at radius 3 is 2.67 bits per heavy atom. The van der Waals surface area contributed by atoms with Gasteiger partial charge in [-0.3, -0.25) is 4.79 Å². The molecule has 0 saturated carbocycles. The van der Waals surface area contributed by atoms with E-state index in [9.17, 15) is 4.79 Å². The second-order valence-electron chi connectivity index (χ2n) is 5.80. The molecule has 0 spiro atoms. The second kappa shape index (κ2) is 6.57. The number of fused-ring (bicyclic) bond motifs is 1. The van der Waals surface area contributed by atoms with Gasteiger partial charge in [0.1, 0.15) is 5.69 Å². The Morgan fingerprint density at radius 1 is 1.08 bits per heavy atom. The molecule has 1 aliphatic rings. The van der Waals surface area contributed by atoms with Crippen LogP contribution < -0.4 is 5.32 Å². The van der Waals surface area contributed by atoms with Crippen LogP contribution in [0.1, 0.15) is 20.6 Å². The highest BCUT2D eigenvalue weighted by Gasteiger charge is 2.19. The number of amides is 1. The molecule has 4 rings (SSSR count). The van der Waals surface area contributed by atoms with E-state index in [1.807, 2.05) is 77.6 Å². The van der Waals surface area contributed by atoms with Gasteiger partial charge in [-0.05, 0) is 29.8 Å². The molecular weight excluding hydrogens is 336 g/mol. The topological polar surface area (TPSA) is 34.0 Å². The Bertz CT molecular complexity index is 897. The van der Waals surface area contributed by atoms with E-state index in [0.717, 1.165) is 16.6 Å². The Kier molecular flexibility index (Phi) is 4.29. The van der Waals surface area contributed by atoms with Crippen LogP contribution in [-0.4, -0.2) is 22.0 Å². The van der Waals surface area contributed by atoms with Crippen LogP contribution in [0, 0.1) is 0 Å². The van der Waals surface area contributed by atoms with E-state index in [4.69, 9.17) is 0 Å². The van der Waals surface area contributed by atoms with E-state index in [2.05, 4.69) is 17.4 Å². The van der Waals surface area contributed by atoms with Crippen LogP contribution >= 0.6 is 23.5 Å². The lowest BCUT2D eigenvalue weighted by molar-refractivity contribution is 0.102. The standard InChI is InChI=1S/C19H18N2OS2/c1-21-16-8-3-2-5-13(16)12-17(21)18(22)20-15-7-4-6-14(11-15)19-23-9-10-24-19/h2-8,11-12,19H,9-10H2,1H3,(H,20,22). The fourth-order valence-corrected chi connectivity index (χ4v) is 5.85. The summed E-state index contributed by atoms with van der Waals surface area (Å²) < 4.78 is 2.43. The summed E-state index contributed by atoms with van der Waals surface area (Å²) in [5.74, 6) is 2.32. The summed E-state index contributed by atoms with van der Waals surface area (Å²) >= 11 is 3.94. The number of nitrogens with zero attached hydrogens (tertiary/aromatic N) is 1. The van der Waals surface area contributed by atoms with Gasteiger partial charge < -0.3 is 9.88 Å². The molecule has 3 aromatic rings. The van der Waals surface area contributed by atoms with Gasteiger partial charge in [0.05, 0.1) is 4.58 Å². The summed E-state index contributed by atoms with van der Waals surface area (Å²) in [6.45, 7) is 0. The summed E-state index contributed by atoms with van der Waals surface area (Å²) in [5.41, 5.74) is 3.87. The molecular formula is C19H18N2OS2. The number of nitrogens with one attached hydrogen (secondary N) is 1. The van der Waals surface area contributed by atoms with Crippen LogP contribution in [0.5, 0.6) is 0 Å². The summed E-state index contributed by atoms with van der Waals surface area (Å²) in [5, 5.41) is 4.13. The van der Waals surface area contributed by atoms with Crippen molar-refractivity contribution in [3.8, 4) is 0 Å². The van der Waals surface area contributed by atoms with E-state index < -0.39 is 0 Å². The minimum absolute atomic E-state index is 0.0717. The molecule has 1 fully saturated rings. The van der Waals surface area contributed by atoms with Gasteiger partial charge in [-0.2, -0.15) is 0 Å². The number of para-hydroxylation sites is 1. The van der Waals surface area contributed by atoms with Gasteiger partial charge in [0, 0.05) is 35.1 Å². The normalized spacial score (nSPS) is 15.0. The third-order valence-corrected chi connectivity index (χ3v) is 7.33. The van der Waals surface area contributed by atoms with Gasteiger partial charge in [0.15, 0.2) is 0 Å². The molecule has 0 unspecified atom stereocenters. The Hall–Kier alpha value is -1.85. The largest absolute Gasteiger partial charge is 0.340 e. The lowest BCUT2D eigenvalue weighted by atomic mass is 10.2. The minimum atomic E-state index is -0.0717. The Morgan fingerprint density at radius 2 is 1.88 bits per heavy atom. The molecule has 0 aliphatic carbocycles. The first-order valence-electron chi connectivity index (χ1n) is 7.91. The zero-order valence-electron chi connectivity index (χ0n) is 13.4.